The van der Waals surface area contributed by atoms with Crippen LogP contribution in [0, 0.1) is 12.7 Å². The summed E-state index contributed by atoms with van der Waals surface area (Å²) < 4.78 is 40.3. The van der Waals surface area contributed by atoms with Gasteiger partial charge in [0, 0.05) is 12.4 Å². The number of benzene rings is 2. The predicted molar refractivity (Wildman–Crippen MR) is 94.4 cm³/mol. The quantitative estimate of drug-likeness (QED) is 0.557. The fourth-order valence-electron chi connectivity index (χ4n) is 2.80. The minimum Gasteiger partial charge on any atom is -0.373 e. The molecule has 0 bridgehead atoms. The molecule has 0 aliphatic rings. The fraction of sp³-hybridized carbons (Fsp3) is 0.118. The van der Waals surface area contributed by atoms with Gasteiger partial charge >= 0.3 is 0 Å². The van der Waals surface area contributed by atoms with Crippen molar-refractivity contribution in [3.8, 4) is 0 Å². The van der Waals surface area contributed by atoms with Crippen molar-refractivity contribution in [2.24, 2.45) is 0 Å². The highest BCUT2D eigenvalue weighted by molar-refractivity contribution is 7.91. The third kappa shape index (κ3) is 2.39. The van der Waals surface area contributed by atoms with Crippen LogP contribution in [0.1, 0.15) is 5.56 Å². The number of aryl methyl sites for hydroxylation is 1. The highest BCUT2D eigenvalue weighted by atomic mass is 32.2. The molecule has 0 spiro atoms. The SMILES string of the molecule is CNc1nc2c(S(=O)(=O)c3ccc(F)cc3)nnn2c2ccc(C)cc12. The van der Waals surface area contributed by atoms with Crippen LogP contribution in [0.3, 0.4) is 0 Å². The van der Waals surface area contributed by atoms with E-state index in [4.69, 9.17) is 0 Å². The first-order valence-corrected chi connectivity index (χ1v) is 9.24. The van der Waals surface area contributed by atoms with Gasteiger partial charge in [0.25, 0.3) is 0 Å². The molecule has 26 heavy (non-hydrogen) atoms. The molecule has 0 aliphatic heterocycles. The Morgan fingerprint density at radius 2 is 1.85 bits per heavy atom. The second-order valence-electron chi connectivity index (χ2n) is 5.82. The molecule has 0 atom stereocenters. The van der Waals surface area contributed by atoms with Crippen LogP contribution in [-0.4, -0.2) is 35.3 Å². The lowest BCUT2D eigenvalue weighted by atomic mass is 10.1. The summed E-state index contributed by atoms with van der Waals surface area (Å²) in [6.45, 7) is 1.95. The molecule has 132 valence electrons. The summed E-state index contributed by atoms with van der Waals surface area (Å²) >= 11 is 0. The molecule has 0 radical (unpaired) electrons. The molecular formula is C17H14FN5O2S. The number of hydrogen-bond donors (Lipinski definition) is 1. The average Bonchev–Trinajstić information content (AvgIpc) is 3.05. The van der Waals surface area contributed by atoms with E-state index in [0.29, 0.717) is 11.3 Å². The monoisotopic (exact) mass is 371 g/mol. The largest absolute Gasteiger partial charge is 0.373 e. The number of anilines is 1. The van der Waals surface area contributed by atoms with E-state index in [0.717, 1.165) is 23.1 Å². The standard InChI is InChI=1S/C17H14FN5O2S/c1-10-3-8-14-13(9-10)15(19-2)20-16-17(21-22-23(14)16)26(24,25)12-6-4-11(18)5-7-12/h3-9H,1-2H3,(H,19,20). The second-order valence-corrected chi connectivity index (χ2v) is 7.68. The topological polar surface area (TPSA) is 89.2 Å². The van der Waals surface area contributed by atoms with Crippen LogP contribution in [0.4, 0.5) is 10.2 Å². The summed E-state index contributed by atoms with van der Waals surface area (Å²) in [5.74, 6) is 0.00258. The lowest BCUT2D eigenvalue weighted by Gasteiger charge is -2.08. The van der Waals surface area contributed by atoms with Gasteiger partial charge in [-0.25, -0.2) is 17.8 Å². The molecule has 7 nitrogen and oxygen atoms in total. The van der Waals surface area contributed by atoms with E-state index >= 15 is 0 Å². The Morgan fingerprint density at radius 3 is 2.54 bits per heavy atom. The Morgan fingerprint density at radius 1 is 1.12 bits per heavy atom. The molecular weight excluding hydrogens is 357 g/mol. The Bertz CT molecular complexity index is 1250. The molecule has 2 heterocycles. The van der Waals surface area contributed by atoms with Crippen LogP contribution >= 0.6 is 0 Å². The number of hydrogen-bond acceptors (Lipinski definition) is 6. The number of halogens is 1. The zero-order valence-corrected chi connectivity index (χ0v) is 14.7. The van der Waals surface area contributed by atoms with E-state index in [1.54, 1.807) is 7.05 Å². The van der Waals surface area contributed by atoms with Gasteiger partial charge < -0.3 is 5.32 Å². The van der Waals surface area contributed by atoms with E-state index in [-0.39, 0.29) is 15.6 Å². The third-order valence-corrected chi connectivity index (χ3v) is 5.75. The van der Waals surface area contributed by atoms with E-state index in [9.17, 15) is 12.8 Å². The van der Waals surface area contributed by atoms with Crippen molar-refractivity contribution in [3.63, 3.8) is 0 Å². The van der Waals surface area contributed by atoms with Crippen molar-refractivity contribution in [2.75, 3.05) is 12.4 Å². The summed E-state index contributed by atoms with van der Waals surface area (Å²) in [6.07, 6.45) is 0. The Kier molecular flexibility index (Phi) is 3.62. The highest BCUT2D eigenvalue weighted by Gasteiger charge is 2.27. The number of nitrogens with one attached hydrogen (secondary N) is 1. The van der Waals surface area contributed by atoms with Gasteiger partial charge in [-0.15, -0.1) is 5.10 Å². The van der Waals surface area contributed by atoms with E-state index in [1.165, 1.54) is 16.6 Å². The first-order valence-electron chi connectivity index (χ1n) is 7.76. The van der Waals surface area contributed by atoms with E-state index < -0.39 is 15.7 Å². The average molecular weight is 371 g/mol. The third-order valence-electron chi connectivity index (χ3n) is 4.09. The maximum Gasteiger partial charge on any atom is 0.229 e. The van der Waals surface area contributed by atoms with Crippen LogP contribution in [-0.2, 0) is 9.84 Å². The molecule has 4 aromatic rings. The van der Waals surface area contributed by atoms with Gasteiger partial charge in [0.15, 0.2) is 5.65 Å². The number of fused-ring (bicyclic) bond motifs is 3. The van der Waals surface area contributed by atoms with Gasteiger partial charge in [-0.1, -0.05) is 16.8 Å². The number of rotatable bonds is 3. The van der Waals surface area contributed by atoms with Crippen molar-refractivity contribution in [3.05, 3.63) is 53.8 Å². The number of aromatic nitrogens is 4. The molecule has 4 rings (SSSR count). The van der Waals surface area contributed by atoms with Gasteiger partial charge in [0.1, 0.15) is 11.6 Å². The van der Waals surface area contributed by atoms with Crippen LogP contribution in [0.2, 0.25) is 0 Å². The van der Waals surface area contributed by atoms with Gasteiger partial charge in [-0.2, -0.15) is 4.52 Å². The molecule has 1 N–H and O–H groups in total. The van der Waals surface area contributed by atoms with Gasteiger partial charge in [-0.3, -0.25) is 0 Å². The molecule has 0 aliphatic carbocycles. The smallest absolute Gasteiger partial charge is 0.229 e. The summed E-state index contributed by atoms with van der Waals surface area (Å²) in [4.78, 5) is 4.33. The van der Waals surface area contributed by atoms with Crippen molar-refractivity contribution >= 4 is 32.2 Å². The van der Waals surface area contributed by atoms with Crippen LogP contribution < -0.4 is 5.32 Å². The molecule has 0 saturated carbocycles. The van der Waals surface area contributed by atoms with Gasteiger partial charge in [0.05, 0.1) is 10.4 Å². The fourth-order valence-corrected chi connectivity index (χ4v) is 4.03. The molecule has 0 saturated heterocycles. The summed E-state index contributed by atoms with van der Waals surface area (Å²) in [7, 11) is -2.29. The van der Waals surface area contributed by atoms with Crippen molar-refractivity contribution in [2.45, 2.75) is 16.8 Å². The highest BCUT2D eigenvalue weighted by Crippen LogP contribution is 2.28. The van der Waals surface area contributed by atoms with Gasteiger partial charge in [-0.05, 0) is 43.3 Å². The molecule has 0 unspecified atom stereocenters. The number of nitrogens with zero attached hydrogens (tertiary/aromatic N) is 4. The first-order chi connectivity index (χ1) is 12.4. The number of sulfone groups is 1. The molecule has 9 heteroatoms. The van der Waals surface area contributed by atoms with Crippen LogP contribution in [0.15, 0.2) is 52.4 Å². The maximum atomic E-state index is 13.1. The Hall–Kier alpha value is -3.07. The molecule has 0 amide bonds. The van der Waals surface area contributed by atoms with E-state index in [2.05, 4.69) is 20.6 Å². The van der Waals surface area contributed by atoms with Crippen LogP contribution in [0.5, 0.6) is 0 Å². The molecule has 2 aromatic heterocycles. The van der Waals surface area contributed by atoms with Crippen molar-refractivity contribution in [1.29, 1.82) is 0 Å². The zero-order chi connectivity index (χ0) is 18.5. The van der Waals surface area contributed by atoms with Crippen LogP contribution in [0.25, 0.3) is 16.6 Å². The van der Waals surface area contributed by atoms with E-state index in [1.807, 2.05) is 25.1 Å². The predicted octanol–water partition coefficient (Wildman–Crippen LogP) is 2.60. The van der Waals surface area contributed by atoms with Crippen molar-refractivity contribution in [1.82, 2.24) is 19.8 Å². The van der Waals surface area contributed by atoms with Crippen molar-refractivity contribution < 1.29 is 12.8 Å². The second kappa shape index (κ2) is 5.73. The zero-order valence-electron chi connectivity index (χ0n) is 13.9. The molecule has 0 fully saturated rings. The lowest BCUT2D eigenvalue weighted by Crippen LogP contribution is -2.05. The maximum absolute atomic E-state index is 13.1. The minimum absolute atomic E-state index is 0.0712. The minimum atomic E-state index is -3.99. The lowest BCUT2D eigenvalue weighted by molar-refractivity contribution is 0.591. The summed E-state index contributed by atoms with van der Waals surface area (Å²) in [5, 5.41) is 11.3. The summed E-state index contributed by atoms with van der Waals surface area (Å²) in [5.41, 5.74) is 1.82. The first kappa shape index (κ1) is 16.4. The Labute approximate surface area is 148 Å². The van der Waals surface area contributed by atoms with Gasteiger partial charge in [0.2, 0.25) is 14.9 Å². The molecule has 2 aromatic carbocycles. The summed E-state index contributed by atoms with van der Waals surface area (Å²) in [6, 6.07) is 10.2. The Balaban J connectivity index is 2.03. The normalized spacial score (nSPS) is 12.0.